The number of nitrogens with zero attached hydrogens (tertiary/aromatic N) is 1. The summed E-state index contributed by atoms with van der Waals surface area (Å²) in [5.41, 5.74) is 0. The predicted octanol–water partition coefficient (Wildman–Crippen LogP) is 0.0653. The fourth-order valence-electron chi connectivity index (χ4n) is 0.699. The minimum Gasteiger partial charge on any atom is -0.748 e. The molecular formula is C8H13NO3S2. The van der Waals surface area contributed by atoms with Gasteiger partial charge in [0.1, 0.15) is 0 Å². The smallest absolute Gasteiger partial charge is 0.168 e. The van der Waals surface area contributed by atoms with Gasteiger partial charge in [-0.3, -0.25) is 0 Å². The van der Waals surface area contributed by atoms with Crippen LogP contribution < -0.4 is 4.57 Å². The van der Waals surface area contributed by atoms with E-state index < -0.39 is 10.1 Å². The average Bonchev–Trinajstić information content (AvgIpc) is 2.03. The van der Waals surface area contributed by atoms with Crippen LogP contribution in [0, 0.1) is 0 Å². The molecule has 6 heteroatoms. The van der Waals surface area contributed by atoms with Gasteiger partial charge in [0.15, 0.2) is 18.9 Å². The van der Waals surface area contributed by atoms with Gasteiger partial charge in [0.2, 0.25) is 0 Å². The van der Waals surface area contributed by atoms with Crippen molar-refractivity contribution in [3.63, 3.8) is 0 Å². The van der Waals surface area contributed by atoms with E-state index in [1.54, 1.807) is 0 Å². The Labute approximate surface area is 89.7 Å². The van der Waals surface area contributed by atoms with E-state index in [1.807, 2.05) is 30.6 Å². The molecule has 0 atom stereocenters. The van der Waals surface area contributed by atoms with Crippen LogP contribution in [0.2, 0.25) is 0 Å². The highest BCUT2D eigenvalue weighted by Crippen LogP contribution is 1.77. The Morgan fingerprint density at radius 1 is 1.29 bits per heavy atom. The summed E-state index contributed by atoms with van der Waals surface area (Å²) in [5.74, 6) is 0.898. The quantitative estimate of drug-likeness (QED) is 0.448. The highest BCUT2D eigenvalue weighted by atomic mass is 32.2. The van der Waals surface area contributed by atoms with Crippen LogP contribution in [0.5, 0.6) is 0 Å². The van der Waals surface area contributed by atoms with Crippen molar-refractivity contribution >= 4 is 22.7 Å². The lowest BCUT2D eigenvalue weighted by Crippen LogP contribution is -2.32. The molecule has 0 aliphatic heterocycles. The van der Waals surface area contributed by atoms with Crippen molar-refractivity contribution < 1.29 is 17.5 Å². The minimum atomic E-state index is -3.92. The second kappa shape index (κ2) is 6.80. The van der Waals surface area contributed by atoms with Gasteiger partial charge in [0.25, 0.3) is 0 Å². The normalized spacial score (nSPS) is 10.2. The molecule has 0 aromatic carbocycles. The van der Waals surface area contributed by atoms with E-state index in [0.717, 1.165) is 12.3 Å². The molecule has 0 unspecified atom stereocenters. The lowest BCUT2D eigenvalue weighted by molar-refractivity contribution is -0.692. The molecule has 0 amide bonds. The summed E-state index contributed by atoms with van der Waals surface area (Å²) < 4.78 is 29.3. The van der Waals surface area contributed by atoms with E-state index in [9.17, 15) is 0 Å². The van der Waals surface area contributed by atoms with Crippen LogP contribution in [0.25, 0.3) is 0 Å². The predicted molar refractivity (Wildman–Crippen MR) is 56.1 cm³/mol. The standard InChI is InChI=1S/C7H9NS.CH4O3S/c9-7-6-8-4-2-1-3-5-8;1-5(2,3)4/h1-5H,6-7H2;1H3,(H,2,3,4). The van der Waals surface area contributed by atoms with Gasteiger partial charge in [-0.05, 0) is 0 Å². The maximum absolute atomic E-state index is 9.08. The molecule has 0 saturated carbocycles. The van der Waals surface area contributed by atoms with Gasteiger partial charge in [0.05, 0.1) is 10.1 Å². The molecule has 0 radical (unpaired) electrons. The molecule has 0 fully saturated rings. The molecule has 80 valence electrons. The summed E-state index contributed by atoms with van der Waals surface area (Å²) in [4.78, 5) is 0. The molecule has 0 spiro atoms. The minimum absolute atomic E-state index is 0.604. The second-order valence-electron chi connectivity index (χ2n) is 2.54. The third-order valence-corrected chi connectivity index (χ3v) is 1.34. The Kier molecular flexibility index (Phi) is 6.52. The van der Waals surface area contributed by atoms with Gasteiger partial charge in [-0.2, -0.15) is 12.6 Å². The van der Waals surface area contributed by atoms with Crippen LogP contribution in [0.4, 0.5) is 0 Å². The molecule has 0 aliphatic rings. The summed E-state index contributed by atoms with van der Waals surface area (Å²) >= 11 is 4.11. The lowest BCUT2D eigenvalue weighted by Gasteiger charge is -1.90. The van der Waals surface area contributed by atoms with Crippen molar-refractivity contribution in [3.05, 3.63) is 30.6 Å². The Morgan fingerprint density at radius 2 is 1.71 bits per heavy atom. The lowest BCUT2D eigenvalue weighted by atomic mass is 10.5. The monoisotopic (exact) mass is 235 g/mol. The first kappa shape index (κ1) is 13.4. The SMILES string of the molecule is CS(=O)(=O)[O-].SCC[n+]1ccccc1. The average molecular weight is 235 g/mol. The molecule has 1 heterocycles. The van der Waals surface area contributed by atoms with Gasteiger partial charge in [0, 0.05) is 24.1 Å². The van der Waals surface area contributed by atoms with Crippen LogP contribution in [0.3, 0.4) is 0 Å². The van der Waals surface area contributed by atoms with Gasteiger partial charge < -0.3 is 4.55 Å². The number of hydrogen-bond acceptors (Lipinski definition) is 4. The number of thiol groups is 1. The Hall–Kier alpha value is -0.590. The van der Waals surface area contributed by atoms with Crippen molar-refractivity contribution in [2.45, 2.75) is 6.54 Å². The highest BCUT2D eigenvalue weighted by Gasteiger charge is 1.91. The van der Waals surface area contributed by atoms with Crippen molar-refractivity contribution in [2.75, 3.05) is 12.0 Å². The summed E-state index contributed by atoms with van der Waals surface area (Å²) in [7, 11) is -3.92. The van der Waals surface area contributed by atoms with Gasteiger partial charge in [-0.15, -0.1) is 0 Å². The van der Waals surface area contributed by atoms with Crippen molar-refractivity contribution in [1.82, 2.24) is 0 Å². The number of aryl methyl sites for hydroxylation is 1. The third kappa shape index (κ3) is 11.4. The van der Waals surface area contributed by atoms with E-state index in [-0.39, 0.29) is 0 Å². The Morgan fingerprint density at radius 3 is 2.07 bits per heavy atom. The van der Waals surface area contributed by atoms with E-state index in [2.05, 4.69) is 17.2 Å². The topological polar surface area (TPSA) is 61.1 Å². The molecular weight excluding hydrogens is 222 g/mol. The number of pyridine rings is 1. The first-order chi connectivity index (χ1) is 6.43. The molecule has 0 saturated heterocycles. The zero-order chi connectivity index (χ0) is 11.0. The zero-order valence-electron chi connectivity index (χ0n) is 7.83. The fourth-order valence-corrected chi connectivity index (χ4v) is 0.930. The van der Waals surface area contributed by atoms with E-state index >= 15 is 0 Å². The van der Waals surface area contributed by atoms with E-state index in [4.69, 9.17) is 13.0 Å². The van der Waals surface area contributed by atoms with Crippen LogP contribution in [-0.2, 0) is 16.7 Å². The first-order valence-corrected chi connectivity index (χ1v) is 6.34. The van der Waals surface area contributed by atoms with E-state index in [1.165, 1.54) is 0 Å². The summed E-state index contributed by atoms with van der Waals surface area (Å²) in [6.45, 7) is 0.990. The third-order valence-electron chi connectivity index (χ3n) is 1.14. The molecule has 1 rings (SSSR count). The molecule has 0 N–H and O–H groups in total. The molecule has 1 aromatic heterocycles. The van der Waals surface area contributed by atoms with Gasteiger partial charge in [-0.1, -0.05) is 6.07 Å². The fraction of sp³-hybridized carbons (Fsp3) is 0.375. The number of aromatic nitrogens is 1. The molecule has 0 aliphatic carbocycles. The first-order valence-electron chi connectivity index (χ1n) is 3.89. The molecule has 0 bridgehead atoms. The van der Waals surface area contributed by atoms with Crippen molar-refractivity contribution in [2.24, 2.45) is 0 Å². The van der Waals surface area contributed by atoms with Crippen LogP contribution in [0.15, 0.2) is 30.6 Å². The van der Waals surface area contributed by atoms with Crippen LogP contribution in [-0.4, -0.2) is 25.0 Å². The highest BCUT2D eigenvalue weighted by molar-refractivity contribution is 7.84. The summed E-state index contributed by atoms with van der Waals surface area (Å²) in [5, 5.41) is 0. The Balaban J connectivity index is 0.000000292. The maximum Gasteiger partial charge on any atom is 0.168 e. The number of rotatable bonds is 2. The molecule has 14 heavy (non-hydrogen) atoms. The summed E-state index contributed by atoms with van der Waals surface area (Å²) in [6, 6.07) is 6.04. The number of hydrogen-bond donors (Lipinski definition) is 1. The zero-order valence-corrected chi connectivity index (χ0v) is 9.54. The van der Waals surface area contributed by atoms with Gasteiger partial charge >= 0.3 is 0 Å². The molecule has 4 nitrogen and oxygen atoms in total. The largest absolute Gasteiger partial charge is 0.748 e. The Bertz CT molecular complexity index is 329. The maximum atomic E-state index is 9.08. The van der Waals surface area contributed by atoms with Gasteiger partial charge in [-0.25, -0.2) is 13.0 Å². The van der Waals surface area contributed by atoms with Crippen molar-refractivity contribution in [3.8, 4) is 0 Å². The van der Waals surface area contributed by atoms with Crippen LogP contribution in [0.1, 0.15) is 0 Å². The van der Waals surface area contributed by atoms with Crippen LogP contribution >= 0.6 is 12.6 Å². The summed E-state index contributed by atoms with van der Waals surface area (Å²) in [6.07, 6.45) is 4.68. The van der Waals surface area contributed by atoms with E-state index in [0.29, 0.717) is 6.26 Å². The second-order valence-corrected chi connectivity index (χ2v) is 4.40. The van der Waals surface area contributed by atoms with Crippen molar-refractivity contribution in [1.29, 1.82) is 0 Å². The molecule has 1 aromatic rings.